The number of aryl methyl sites for hydroxylation is 1. The molecule has 2 rings (SSSR count). The molecule has 114 valence electrons. The van der Waals surface area contributed by atoms with Gasteiger partial charge in [0.1, 0.15) is 5.69 Å². The number of nitrogens with zero attached hydrogens (tertiary/aromatic N) is 4. The van der Waals surface area contributed by atoms with Gasteiger partial charge in [-0.2, -0.15) is 5.10 Å². The van der Waals surface area contributed by atoms with Crippen molar-refractivity contribution in [1.29, 1.82) is 0 Å². The highest BCUT2D eigenvalue weighted by Crippen LogP contribution is 2.18. The van der Waals surface area contributed by atoms with Gasteiger partial charge in [-0.25, -0.2) is 4.68 Å². The summed E-state index contributed by atoms with van der Waals surface area (Å²) in [4.78, 5) is 18.4. The molecule has 0 fully saturated rings. The summed E-state index contributed by atoms with van der Waals surface area (Å²) in [5.74, 6) is 5.84. The summed E-state index contributed by atoms with van der Waals surface area (Å²) in [5, 5.41) is 3.93. The maximum atomic E-state index is 12.4. The van der Waals surface area contributed by atoms with Crippen molar-refractivity contribution in [2.24, 2.45) is 12.0 Å². The van der Waals surface area contributed by atoms with E-state index in [9.17, 15) is 4.79 Å². The SMILES string of the molecule is CC#CCN(CC1=CC=NCC=C1)c1c(N)cnn(C)c1=O. The van der Waals surface area contributed by atoms with E-state index in [1.54, 1.807) is 20.2 Å². The van der Waals surface area contributed by atoms with Crippen LogP contribution in [0.15, 0.2) is 39.8 Å². The molecule has 0 unspecified atom stereocenters. The highest BCUT2D eigenvalue weighted by atomic mass is 16.1. The van der Waals surface area contributed by atoms with E-state index in [1.165, 1.54) is 10.9 Å². The van der Waals surface area contributed by atoms with Gasteiger partial charge in [-0.15, -0.1) is 5.92 Å². The second kappa shape index (κ2) is 7.27. The Bertz CT molecular complexity index is 746. The molecule has 0 saturated heterocycles. The van der Waals surface area contributed by atoms with Gasteiger partial charge < -0.3 is 10.6 Å². The summed E-state index contributed by atoms with van der Waals surface area (Å²) in [6, 6.07) is 0. The van der Waals surface area contributed by atoms with E-state index in [1.807, 2.05) is 23.1 Å². The number of hydrogen-bond acceptors (Lipinski definition) is 5. The molecular weight excluding hydrogens is 278 g/mol. The number of hydrogen-bond donors (Lipinski definition) is 1. The van der Waals surface area contributed by atoms with Crippen LogP contribution in [0.2, 0.25) is 0 Å². The average molecular weight is 297 g/mol. The highest BCUT2D eigenvalue weighted by Gasteiger charge is 2.16. The molecule has 2 heterocycles. The fourth-order valence-corrected chi connectivity index (χ4v) is 2.10. The minimum Gasteiger partial charge on any atom is -0.396 e. The third kappa shape index (κ3) is 3.64. The lowest BCUT2D eigenvalue weighted by molar-refractivity contribution is 0.703. The molecule has 0 spiro atoms. The van der Waals surface area contributed by atoms with Gasteiger partial charge in [-0.1, -0.05) is 18.1 Å². The van der Waals surface area contributed by atoms with Crippen LogP contribution in [-0.4, -0.2) is 35.6 Å². The van der Waals surface area contributed by atoms with Gasteiger partial charge in [-0.3, -0.25) is 9.79 Å². The molecule has 1 aliphatic rings. The molecule has 2 N–H and O–H groups in total. The van der Waals surface area contributed by atoms with Crippen LogP contribution in [0, 0.1) is 11.8 Å². The van der Waals surface area contributed by atoms with E-state index in [0.717, 1.165) is 5.57 Å². The van der Waals surface area contributed by atoms with Gasteiger partial charge in [0.05, 0.1) is 25.0 Å². The van der Waals surface area contributed by atoms with Crippen LogP contribution in [0.25, 0.3) is 0 Å². The van der Waals surface area contributed by atoms with Gasteiger partial charge >= 0.3 is 0 Å². The molecule has 0 aliphatic carbocycles. The van der Waals surface area contributed by atoms with Crippen molar-refractivity contribution < 1.29 is 0 Å². The minimum absolute atomic E-state index is 0.232. The van der Waals surface area contributed by atoms with Crippen molar-refractivity contribution in [1.82, 2.24) is 9.78 Å². The molecule has 0 radical (unpaired) electrons. The molecule has 0 bridgehead atoms. The maximum absolute atomic E-state index is 12.4. The van der Waals surface area contributed by atoms with Crippen molar-refractivity contribution >= 4 is 17.6 Å². The summed E-state index contributed by atoms with van der Waals surface area (Å²) in [6.07, 6.45) is 9.17. The van der Waals surface area contributed by atoms with E-state index in [4.69, 9.17) is 5.73 Å². The van der Waals surface area contributed by atoms with Crippen LogP contribution in [0.1, 0.15) is 6.92 Å². The summed E-state index contributed by atoms with van der Waals surface area (Å²) in [6.45, 7) is 3.38. The molecule has 0 aromatic carbocycles. The largest absolute Gasteiger partial charge is 0.396 e. The lowest BCUT2D eigenvalue weighted by Crippen LogP contribution is -2.35. The van der Waals surface area contributed by atoms with Gasteiger partial charge in [-0.05, 0) is 18.6 Å². The fourth-order valence-electron chi connectivity index (χ4n) is 2.10. The number of aliphatic imine (C=N–C) groups is 1. The molecule has 6 nitrogen and oxygen atoms in total. The molecule has 22 heavy (non-hydrogen) atoms. The Balaban J connectivity index is 2.40. The van der Waals surface area contributed by atoms with E-state index in [2.05, 4.69) is 21.9 Å². The van der Waals surface area contributed by atoms with Crippen molar-refractivity contribution in [3.63, 3.8) is 0 Å². The maximum Gasteiger partial charge on any atom is 0.292 e. The predicted octanol–water partition coefficient (Wildman–Crippen LogP) is 0.759. The van der Waals surface area contributed by atoms with Crippen LogP contribution < -0.4 is 16.2 Å². The average Bonchev–Trinajstić information content (AvgIpc) is 2.77. The molecule has 1 aliphatic heterocycles. The first-order valence-electron chi connectivity index (χ1n) is 6.95. The van der Waals surface area contributed by atoms with Crippen LogP contribution >= 0.6 is 0 Å². The zero-order valence-electron chi connectivity index (χ0n) is 12.8. The number of allylic oxidation sites excluding steroid dienone is 1. The van der Waals surface area contributed by atoms with Crippen molar-refractivity contribution in [2.45, 2.75) is 6.92 Å². The Kier molecular flexibility index (Phi) is 5.15. The summed E-state index contributed by atoms with van der Waals surface area (Å²) in [7, 11) is 1.60. The number of aromatic nitrogens is 2. The number of anilines is 2. The zero-order chi connectivity index (χ0) is 15.9. The van der Waals surface area contributed by atoms with Crippen molar-refractivity contribution in [2.75, 3.05) is 30.3 Å². The lowest BCUT2D eigenvalue weighted by atomic mass is 10.2. The molecular formula is C16H19N5O. The highest BCUT2D eigenvalue weighted by molar-refractivity contribution is 5.74. The van der Waals surface area contributed by atoms with Gasteiger partial charge in [0, 0.05) is 19.8 Å². The Morgan fingerprint density at radius 3 is 3.09 bits per heavy atom. The molecule has 1 aromatic heterocycles. The Morgan fingerprint density at radius 1 is 1.50 bits per heavy atom. The number of rotatable bonds is 4. The number of nitrogen functional groups attached to an aromatic ring is 1. The lowest BCUT2D eigenvalue weighted by Gasteiger charge is -2.23. The smallest absolute Gasteiger partial charge is 0.292 e. The first-order chi connectivity index (χ1) is 10.6. The monoisotopic (exact) mass is 297 g/mol. The van der Waals surface area contributed by atoms with Crippen molar-refractivity contribution in [3.8, 4) is 11.8 Å². The molecule has 0 amide bonds. The fraction of sp³-hybridized carbons (Fsp3) is 0.312. The zero-order valence-corrected chi connectivity index (χ0v) is 12.8. The quantitative estimate of drug-likeness (QED) is 0.832. The third-order valence-corrected chi connectivity index (χ3v) is 3.21. The molecule has 0 saturated carbocycles. The third-order valence-electron chi connectivity index (χ3n) is 3.21. The van der Waals surface area contributed by atoms with Gasteiger partial charge in [0.15, 0.2) is 0 Å². The Labute approximate surface area is 129 Å². The van der Waals surface area contributed by atoms with Gasteiger partial charge in [0.2, 0.25) is 0 Å². The summed E-state index contributed by atoms with van der Waals surface area (Å²) >= 11 is 0. The summed E-state index contributed by atoms with van der Waals surface area (Å²) in [5.41, 5.74) is 7.56. The molecule has 0 atom stereocenters. The van der Waals surface area contributed by atoms with E-state index in [-0.39, 0.29) is 5.56 Å². The Hall–Kier alpha value is -2.81. The van der Waals surface area contributed by atoms with Gasteiger partial charge in [0.25, 0.3) is 5.56 Å². The predicted molar refractivity (Wildman–Crippen MR) is 90.1 cm³/mol. The second-order valence-corrected chi connectivity index (χ2v) is 4.82. The summed E-state index contributed by atoms with van der Waals surface area (Å²) < 4.78 is 1.27. The first-order valence-corrected chi connectivity index (χ1v) is 6.95. The van der Waals surface area contributed by atoms with E-state index >= 15 is 0 Å². The van der Waals surface area contributed by atoms with Crippen LogP contribution in [-0.2, 0) is 7.05 Å². The van der Waals surface area contributed by atoms with Crippen molar-refractivity contribution in [3.05, 3.63) is 40.4 Å². The van der Waals surface area contributed by atoms with Crippen LogP contribution in [0.4, 0.5) is 11.4 Å². The number of nitrogens with two attached hydrogens (primary N) is 1. The molecule has 1 aromatic rings. The topological polar surface area (TPSA) is 76.5 Å². The molecule has 6 heteroatoms. The second-order valence-electron chi connectivity index (χ2n) is 4.82. The Morgan fingerprint density at radius 2 is 2.32 bits per heavy atom. The normalized spacial score (nSPS) is 13.1. The van der Waals surface area contributed by atoms with E-state index in [0.29, 0.717) is 31.0 Å². The first kappa shape index (κ1) is 15.6. The van der Waals surface area contributed by atoms with E-state index < -0.39 is 0 Å². The van der Waals surface area contributed by atoms with Crippen LogP contribution in [0.5, 0.6) is 0 Å². The minimum atomic E-state index is -0.232. The standard InChI is InChI=1S/C16H19N5O/c1-3-4-10-21(12-13-6-5-8-18-9-7-13)15-14(17)11-19-20(2)16(15)22/h5-7,9,11H,8,10,12,17H2,1-2H3. The van der Waals surface area contributed by atoms with Crippen LogP contribution in [0.3, 0.4) is 0 Å².